The van der Waals surface area contributed by atoms with Crippen molar-refractivity contribution >= 4 is 12.6 Å². The zero-order chi connectivity index (χ0) is 14.5. The van der Waals surface area contributed by atoms with Crippen LogP contribution in [0.2, 0.25) is 0 Å². The molecule has 0 aliphatic carbocycles. The third kappa shape index (κ3) is 4.20. The van der Waals surface area contributed by atoms with Gasteiger partial charge in [0.05, 0.1) is 6.10 Å². The van der Waals surface area contributed by atoms with Crippen molar-refractivity contribution < 1.29 is 9.47 Å². The molecule has 106 valence electrons. The molecule has 0 spiro atoms. The van der Waals surface area contributed by atoms with Crippen LogP contribution in [0.1, 0.15) is 20.8 Å². The van der Waals surface area contributed by atoms with Gasteiger partial charge in [0, 0.05) is 0 Å². The van der Waals surface area contributed by atoms with Crippen molar-refractivity contribution in [2.75, 3.05) is 0 Å². The second kappa shape index (κ2) is 6.71. The lowest BCUT2D eigenvalue weighted by molar-refractivity contribution is 0.242. The Morgan fingerprint density at radius 3 is 1.45 bits per heavy atom. The van der Waals surface area contributed by atoms with E-state index in [1.54, 1.807) is 0 Å². The highest BCUT2D eigenvalue weighted by atomic mass is 32.1. The van der Waals surface area contributed by atoms with Crippen molar-refractivity contribution in [3.63, 3.8) is 0 Å². The van der Waals surface area contributed by atoms with Crippen molar-refractivity contribution in [3.8, 4) is 22.6 Å². The van der Waals surface area contributed by atoms with Crippen LogP contribution in [-0.4, -0.2) is 11.5 Å². The summed E-state index contributed by atoms with van der Waals surface area (Å²) in [5, 5.41) is 0. The first kappa shape index (κ1) is 14.8. The molecule has 1 atom stereocenters. The van der Waals surface area contributed by atoms with Crippen LogP contribution in [0.5, 0.6) is 11.5 Å². The largest absolute Gasteiger partial charge is 0.491 e. The van der Waals surface area contributed by atoms with E-state index in [9.17, 15) is 0 Å². The van der Waals surface area contributed by atoms with Gasteiger partial charge in [0.25, 0.3) is 0 Å². The van der Waals surface area contributed by atoms with Crippen LogP contribution in [0.4, 0.5) is 0 Å². The molecular formula is C17H20O2S. The maximum absolute atomic E-state index is 5.64. The van der Waals surface area contributed by atoms with Crippen LogP contribution >= 0.6 is 12.6 Å². The lowest BCUT2D eigenvalue weighted by Gasteiger charge is -2.11. The molecule has 1 unspecified atom stereocenters. The Kier molecular flexibility index (Phi) is 4.96. The molecule has 0 fully saturated rings. The fraction of sp³-hybridized carbons (Fsp3) is 0.294. The van der Waals surface area contributed by atoms with Gasteiger partial charge in [-0.25, -0.2) is 0 Å². The smallest absolute Gasteiger partial charge is 0.138 e. The number of hydrogen-bond donors (Lipinski definition) is 1. The first-order valence-corrected chi connectivity index (χ1v) is 7.28. The molecule has 3 heteroatoms. The summed E-state index contributed by atoms with van der Waals surface area (Å²) in [7, 11) is 0. The second-order valence-electron chi connectivity index (χ2n) is 4.93. The van der Waals surface area contributed by atoms with Gasteiger partial charge in [-0.15, -0.1) is 12.6 Å². The minimum absolute atomic E-state index is 0.103. The van der Waals surface area contributed by atoms with Gasteiger partial charge in [0.15, 0.2) is 0 Å². The summed E-state index contributed by atoms with van der Waals surface area (Å²) in [6.45, 7) is 5.94. The van der Waals surface area contributed by atoms with Crippen LogP contribution in [-0.2, 0) is 0 Å². The van der Waals surface area contributed by atoms with E-state index in [0.717, 1.165) is 22.6 Å². The summed E-state index contributed by atoms with van der Waals surface area (Å²) in [5.41, 5.74) is 2.21. The SMILES string of the molecule is CC(C)Oc1ccc(-c2ccc(OC(C)S)cc2)cc1. The average molecular weight is 288 g/mol. The van der Waals surface area contributed by atoms with Gasteiger partial charge in [0.2, 0.25) is 0 Å². The van der Waals surface area contributed by atoms with Crippen LogP contribution in [0, 0.1) is 0 Å². The molecule has 0 bridgehead atoms. The maximum Gasteiger partial charge on any atom is 0.138 e. The highest BCUT2D eigenvalue weighted by Crippen LogP contribution is 2.25. The molecule has 0 aliphatic rings. The highest BCUT2D eigenvalue weighted by Gasteiger charge is 2.02. The van der Waals surface area contributed by atoms with E-state index in [0.29, 0.717) is 0 Å². The van der Waals surface area contributed by atoms with Crippen LogP contribution in [0.3, 0.4) is 0 Å². The van der Waals surface area contributed by atoms with Gasteiger partial charge >= 0.3 is 0 Å². The Hall–Kier alpha value is -1.61. The number of benzene rings is 2. The molecule has 2 rings (SSSR count). The predicted octanol–water partition coefficient (Wildman–Crippen LogP) is 4.80. The van der Waals surface area contributed by atoms with E-state index in [1.807, 2.05) is 57.2 Å². The Bertz CT molecular complexity index is 478. The summed E-state index contributed by atoms with van der Waals surface area (Å²) < 4.78 is 11.2. The highest BCUT2D eigenvalue weighted by molar-refractivity contribution is 7.80. The maximum atomic E-state index is 5.64. The van der Waals surface area contributed by atoms with Gasteiger partial charge in [-0.1, -0.05) is 24.3 Å². The number of hydrogen-bond acceptors (Lipinski definition) is 3. The van der Waals surface area contributed by atoms with Crippen molar-refractivity contribution in [2.45, 2.75) is 32.3 Å². The number of rotatable bonds is 5. The fourth-order valence-corrected chi connectivity index (χ4v) is 2.04. The molecule has 0 N–H and O–H groups in total. The topological polar surface area (TPSA) is 18.5 Å². The van der Waals surface area contributed by atoms with Gasteiger partial charge < -0.3 is 9.47 Å². The summed E-state index contributed by atoms with van der Waals surface area (Å²) in [5.74, 6) is 1.73. The van der Waals surface area contributed by atoms with Gasteiger partial charge in [0.1, 0.15) is 16.9 Å². The monoisotopic (exact) mass is 288 g/mol. The molecule has 2 aromatic carbocycles. The Morgan fingerprint density at radius 2 is 1.10 bits per heavy atom. The lowest BCUT2D eigenvalue weighted by atomic mass is 10.1. The fourth-order valence-electron chi connectivity index (χ4n) is 1.92. The van der Waals surface area contributed by atoms with Crippen LogP contribution in [0.15, 0.2) is 48.5 Å². The Balaban J connectivity index is 2.11. The molecule has 2 aromatic rings. The van der Waals surface area contributed by atoms with Crippen molar-refractivity contribution in [1.82, 2.24) is 0 Å². The molecule has 0 aliphatic heterocycles. The van der Waals surface area contributed by atoms with Crippen LogP contribution in [0.25, 0.3) is 11.1 Å². The lowest BCUT2D eigenvalue weighted by Crippen LogP contribution is -2.05. The molecule has 0 amide bonds. The molecule has 0 aromatic heterocycles. The summed E-state index contributed by atoms with van der Waals surface area (Å²) in [4.78, 5) is 0. The summed E-state index contributed by atoms with van der Waals surface area (Å²) in [6, 6.07) is 16.1. The van der Waals surface area contributed by atoms with E-state index < -0.39 is 0 Å². The normalized spacial score (nSPS) is 12.2. The minimum atomic E-state index is -0.103. The first-order valence-electron chi connectivity index (χ1n) is 6.76. The van der Waals surface area contributed by atoms with E-state index >= 15 is 0 Å². The van der Waals surface area contributed by atoms with E-state index in [2.05, 4.69) is 24.8 Å². The number of ether oxygens (including phenoxy) is 2. The molecule has 2 nitrogen and oxygen atoms in total. The van der Waals surface area contributed by atoms with Crippen LogP contribution < -0.4 is 9.47 Å². The third-order valence-corrected chi connectivity index (χ3v) is 2.83. The number of thiol groups is 1. The second-order valence-corrected chi connectivity index (χ2v) is 5.66. The van der Waals surface area contributed by atoms with Gasteiger partial charge in [-0.3, -0.25) is 0 Å². The van der Waals surface area contributed by atoms with Crippen molar-refractivity contribution in [3.05, 3.63) is 48.5 Å². The quantitative estimate of drug-likeness (QED) is 0.629. The minimum Gasteiger partial charge on any atom is -0.491 e. The molecular weight excluding hydrogens is 268 g/mol. The van der Waals surface area contributed by atoms with E-state index in [-0.39, 0.29) is 11.5 Å². The van der Waals surface area contributed by atoms with Crippen molar-refractivity contribution in [2.24, 2.45) is 0 Å². The summed E-state index contributed by atoms with van der Waals surface area (Å²) in [6.07, 6.45) is 0.195. The first-order chi connectivity index (χ1) is 9.54. The molecule has 0 saturated heterocycles. The predicted molar refractivity (Wildman–Crippen MR) is 86.7 cm³/mol. The van der Waals surface area contributed by atoms with Crippen molar-refractivity contribution in [1.29, 1.82) is 0 Å². The van der Waals surface area contributed by atoms with E-state index in [1.165, 1.54) is 0 Å². The molecule has 0 radical (unpaired) electrons. The standard InChI is InChI=1S/C17H20O2S/c1-12(2)18-16-8-4-14(5-9-16)15-6-10-17(11-7-15)19-13(3)20/h4-13,20H,1-3H3. The van der Waals surface area contributed by atoms with Gasteiger partial charge in [-0.05, 0) is 56.2 Å². The van der Waals surface area contributed by atoms with E-state index in [4.69, 9.17) is 9.47 Å². The molecule has 0 heterocycles. The van der Waals surface area contributed by atoms with Gasteiger partial charge in [-0.2, -0.15) is 0 Å². The average Bonchev–Trinajstić information content (AvgIpc) is 2.39. The Morgan fingerprint density at radius 1 is 0.700 bits per heavy atom. The molecule has 0 saturated carbocycles. The molecule has 20 heavy (non-hydrogen) atoms. The Labute approximate surface area is 126 Å². The summed E-state index contributed by atoms with van der Waals surface area (Å²) >= 11 is 4.21. The zero-order valence-electron chi connectivity index (χ0n) is 12.0. The zero-order valence-corrected chi connectivity index (χ0v) is 12.9. The third-order valence-electron chi connectivity index (χ3n) is 2.72.